The highest BCUT2D eigenvalue weighted by atomic mass is 15.1. The second-order valence-electron chi connectivity index (χ2n) is 3.90. The maximum absolute atomic E-state index is 5.54. The number of nitrogens with zero attached hydrogens (tertiary/aromatic N) is 3. The maximum atomic E-state index is 5.54. The summed E-state index contributed by atoms with van der Waals surface area (Å²) < 4.78 is 0. The van der Waals surface area contributed by atoms with Crippen LogP contribution in [0.4, 0.5) is 0 Å². The highest BCUT2D eigenvalue weighted by Gasteiger charge is 2.14. The first-order valence-corrected chi connectivity index (χ1v) is 5.59. The third-order valence-corrected chi connectivity index (χ3v) is 3.00. The third kappa shape index (κ3) is 2.33. The second-order valence-corrected chi connectivity index (χ2v) is 3.90. The van der Waals surface area contributed by atoms with E-state index in [1.807, 2.05) is 6.20 Å². The van der Waals surface area contributed by atoms with Gasteiger partial charge in [-0.15, -0.1) is 0 Å². The Balaban J connectivity index is 2.20. The molecule has 82 valence electrons. The number of likely N-dealkylation sites (N-methyl/N-ethyl adjacent to an activating group) is 1. The average Bonchev–Trinajstić information content (AvgIpc) is 2.50. The van der Waals surface area contributed by atoms with E-state index >= 15 is 0 Å². The molecule has 0 radical (unpaired) electrons. The minimum Gasteiger partial charge on any atom is -0.324 e. The minimum absolute atomic E-state index is 0.435. The summed E-state index contributed by atoms with van der Waals surface area (Å²) in [6.45, 7) is 5.97. The molecule has 1 aromatic heterocycles. The molecule has 0 saturated carbocycles. The van der Waals surface area contributed by atoms with E-state index in [1.165, 1.54) is 11.3 Å². The first kappa shape index (κ1) is 10.5. The molecule has 0 atom stereocenters. The zero-order chi connectivity index (χ0) is 10.7. The van der Waals surface area contributed by atoms with Crippen LogP contribution in [0.1, 0.15) is 24.0 Å². The van der Waals surface area contributed by atoms with Gasteiger partial charge < -0.3 is 10.6 Å². The number of aromatic nitrogens is 2. The van der Waals surface area contributed by atoms with Crippen molar-refractivity contribution in [3.8, 4) is 0 Å². The van der Waals surface area contributed by atoms with E-state index in [0.29, 0.717) is 6.54 Å². The molecule has 2 rings (SSSR count). The quantitative estimate of drug-likeness (QED) is 0.759. The summed E-state index contributed by atoms with van der Waals surface area (Å²) in [5, 5.41) is 0. The Morgan fingerprint density at radius 1 is 1.40 bits per heavy atom. The predicted molar refractivity (Wildman–Crippen MR) is 59.4 cm³/mol. The minimum atomic E-state index is 0.435. The fourth-order valence-corrected chi connectivity index (χ4v) is 1.98. The van der Waals surface area contributed by atoms with Crippen LogP contribution in [0.15, 0.2) is 6.20 Å². The van der Waals surface area contributed by atoms with Crippen molar-refractivity contribution in [1.82, 2.24) is 14.9 Å². The summed E-state index contributed by atoms with van der Waals surface area (Å²) in [6, 6.07) is 0. The monoisotopic (exact) mass is 206 g/mol. The van der Waals surface area contributed by atoms with Crippen LogP contribution in [0.25, 0.3) is 0 Å². The van der Waals surface area contributed by atoms with Gasteiger partial charge in [-0.25, -0.2) is 9.97 Å². The Morgan fingerprint density at radius 3 is 2.93 bits per heavy atom. The highest BCUT2D eigenvalue weighted by Crippen LogP contribution is 2.12. The molecule has 4 heteroatoms. The van der Waals surface area contributed by atoms with Crippen LogP contribution in [0.3, 0.4) is 0 Å². The third-order valence-electron chi connectivity index (χ3n) is 3.00. The lowest BCUT2D eigenvalue weighted by Gasteiger charge is -2.15. The largest absolute Gasteiger partial charge is 0.324 e. The fourth-order valence-electron chi connectivity index (χ4n) is 1.98. The molecule has 2 heterocycles. The van der Waals surface area contributed by atoms with Crippen molar-refractivity contribution < 1.29 is 0 Å². The number of nitrogens with two attached hydrogens (primary N) is 1. The molecule has 0 aliphatic carbocycles. The lowest BCUT2D eigenvalue weighted by atomic mass is 10.1. The van der Waals surface area contributed by atoms with Crippen molar-refractivity contribution in [3.63, 3.8) is 0 Å². The van der Waals surface area contributed by atoms with Crippen molar-refractivity contribution in [1.29, 1.82) is 0 Å². The van der Waals surface area contributed by atoms with Crippen LogP contribution in [0.2, 0.25) is 0 Å². The van der Waals surface area contributed by atoms with Crippen LogP contribution in [-0.4, -0.2) is 34.5 Å². The first-order valence-electron chi connectivity index (χ1n) is 5.59. The zero-order valence-electron chi connectivity index (χ0n) is 9.24. The molecule has 1 aliphatic heterocycles. The first-order chi connectivity index (χ1) is 7.33. The normalized spacial score (nSPS) is 17.2. The molecular weight excluding hydrogens is 188 g/mol. The Labute approximate surface area is 90.5 Å². The van der Waals surface area contributed by atoms with E-state index in [0.717, 1.165) is 38.3 Å². The predicted octanol–water partition coefficient (Wildman–Crippen LogP) is 0.356. The van der Waals surface area contributed by atoms with Gasteiger partial charge >= 0.3 is 0 Å². The SMILES string of the molecule is CCN1CCc2cnc(CN)nc2CC1. The second kappa shape index (κ2) is 4.68. The van der Waals surface area contributed by atoms with Crippen LogP contribution >= 0.6 is 0 Å². The van der Waals surface area contributed by atoms with Crippen LogP contribution < -0.4 is 5.73 Å². The van der Waals surface area contributed by atoms with Crippen LogP contribution in [0.5, 0.6) is 0 Å². The maximum Gasteiger partial charge on any atom is 0.142 e. The van der Waals surface area contributed by atoms with Crippen LogP contribution in [0, 0.1) is 0 Å². The lowest BCUT2D eigenvalue weighted by Crippen LogP contribution is -2.25. The summed E-state index contributed by atoms with van der Waals surface area (Å²) in [5.74, 6) is 0.763. The van der Waals surface area contributed by atoms with E-state index in [4.69, 9.17) is 5.73 Å². The fraction of sp³-hybridized carbons (Fsp3) is 0.636. The topological polar surface area (TPSA) is 55.0 Å². The molecule has 0 saturated heterocycles. The van der Waals surface area contributed by atoms with E-state index in [2.05, 4.69) is 21.8 Å². The van der Waals surface area contributed by atoms with Gasteiger partial charge in [-0.2, -0.15) is 0 Å². The summed E-state index contributed by atoms with van der Waals surface area (Å²) >= 11 is 0. The van der Waals surface area contributed by atoms with Gasteiger partial charge in [-0.1, -0.05) is 6.92 Å². The molecule has 15 heavy (non-hydrogen) atoms. The standard InChI is InChI=1S/C11H18N4/c1-2-15-5-3-9-8-13-11(7-12)14-10(9)4-6-15/h8H,2-7,12H2,1H3. The number of fused-ring (bicyclic) bond motifs is 1. The zero-order valence-corrected chi connectivity index (χ0v) is 9.24. The smallest absolute Gasteiger partial charge is 0.142 e. The Morgan fingerprint density at radius 2 is 2.20 bits per heavy atom. The van der Waals surface area contributed by atoms with Crippen molar-refractivity contribution in [3.05, 3.63) is 23.3 Å². The molecule has 0 amide bonds. The number of rotatable bonds is 2. The van der Waals surface area contributed by atoms with Crippen molar-refractivity contribution >= 4 is 0 Å². The number of hydrogen-bond acceptors (Lipinski definition) is 4. The van der Waals surface area contributed by atoms with Gasteiger partial charge in [-0.05, 0) is 18.5 Å². The molecule has 0 spiro atoms. The Bertz CT molecular complexity index is 337. The van der Waals surface area contributed by atoms with E-state index in [-0.39, 0.29) is 0 Å². The van der Waals surface area contributed by atoms with Gasteiger partial charge in [0.15, 0.2) is 0 Å². The van der Waals surface area contributed by atoms with E-state index < -0.39 is 0 Å². The molecule has 0 aromatic carbocycles. The van der Waals surface area contributed by atoms with Gasteiger partial charge in [0.25, 0.3) is 0 Å². The molecule has 1 aromatic rings. The molecule has 0 unspecified atom stereocenters. The highest BCUT2D eigenvalue weighted by molar-refractivity contribution is 5.20. The van der Waals surface area contributed by atoms with Gasteiger partial charge in [0, 0.05) is 31.4 Å². The Kier molecular flexibility index (Phi) is 3.28. The number of hydrogen-bond donors (Lipinski definition) is 1. The molecule has 0 fully saturated rings. The van der Waals surface area contributed by atoms with Gasteiger partial charge in [0.1, 0.15) is 5.82 Å². The van der Waals surface area contributed by atoms with Crippen LogP contribution in [-0.2, 0) is 19.4 Å². The lowest BCUT2D eigenvalue weighted by molar-refractivity contribution is 0.303. The molecule has 0 bridgehead atoms. The molecule has 4 nitrogen and oxygen atoms in total. The van der Waals surface area contributed by atoms with E-state index in [1.54, 1.807) is 0 Å². The summed E-state index contributed by atoms with van der Waals surface area (Å²) in [5.41, 5.74) is 8.03. The molecule has 1 aliphatic rings. The van der Waals surface area contributed by atoms with Crippen molar-refractivity contribution in [2.45, 2.75) is 26.3 Å². The van der Waals surface area contributed by atoms with Crippen molar-refractivity contribution in [2.24, 2.45) is 5.73 Å². The summed E-state index contributed by atoms with van der Waals surface area (Å²) in [7, 11) is 0. The summed E-state index contributed by atoms with van der Waals surface area (Å²) in [4.78, 5) is 11.2. The molecular formula is C11H18N4. The summed E-state index contributed by atoms with van der Waals surface area (Å²) in [6.07, 6.45) is 4.04. The Hall–Kier alpha value is -1.00. The average molecular weight is 206 g/mol. The molecule has 2 N–H and O–H groups in total. The van der Waals surface area contributed by atoms with E-state index in [9.17, 15) is 0 Å². The van der Waals surface area contributed by atoms with Gasteiger partial charge in [-0.3, -0.25) is 0 Å². The van der Waals surface area contributed by atoms with Crippen molar-refractivity contribution in [2.75, 3.05) is 19.6 Å². The van der Waals surface area contributed by atoms with Gasteiger partial charge in [0.2, 0.25) is 0 Å². The van der Waals surface area contributed by atoms with Gasteiger partial charge in [0.05, 0.1) is 6.54 Å².